The molecule has 0 unspecified atom stereocenters. The maximum absolute atomic E-state index is 12.2. The van der Waals surface area contributed by atoms with Gasteiger partial charge in [-0.15, -0.1) is 0 Å². The van der Waals surface area contributed by atoms with Gasteiger partial charge in [0.05, 0.1) is 6.54 Å². The number of aryl methyl sites for hydroxylation is 2. The van der Waals surface area contributed by atoms with Crippen molar-refractivity contribution in [1.82, 2.24) is 16.0 Å². The van der Waals surface area contributed by atoms with Crippen LogP contribution < -0.4 is 20.7 Å². The molecule has 0 aromatic heterocycles. The van der Waals surface area contributed by atoms with Crippen molar-refractivity contribution in [2.45, 2.75) is 39.2 Å². The summed E-state index contributed by atoms with van der Waals surface area (Å²) in [7, 11) is 0. The van der Waals surface area contributed by atoms with Crippen molar-refractivity contribution in [1.29, 1.82) is 0 Å². The Morgan fingerprint density at radius 3 is 2.35 bits per heavy atom. The number of benzene rings is 2. The Bertz CT molecular complexity index is 936. The third-order valence-electron chi connectivity index (χ3n) is 5.15. The summed E-state index contributed by atoms with van der Waals surface area (Å²) in [4.78, 5) is 35.8. The monoisotopic (exact) mass is 423 g/mol. The predicted molar refractivity (Wildman–Crippen MR) is 118 cm³/mol. The number of hydrogen-bond acceptors (Lipinski definition) is 4. The van der Waals surface area contributed by atoms with Crippen LogP contribution in [0.2, 0.25) is 0 Å². The number of rotatable bonds is 10. The molecule has 0 aliphatic heterocycles. The summed E-state index contributed by atoms with van der Waals surface area (Å²) < 4.78 is 5.48. The van der Waals surface area contributed by atoms with Crippen LogP contribution in [0.1, 0.15) is 39.9 Å². The second-order valence-electron chi connectivity index (χ2n) is 7.86. The van der Waals surface area contributed by atoms with Gasteiger partial charge < -0.3 is 20.7 Å². The van der Waals surface area contributed by atoms with E-state index in [2.05, 4.69) is 16.0 Å². The zero-order valence-electron chi connectivity index (χ0n) is 18.0. The lowest BCUT2D eigenvalue weighted by atomic mass is 10.1. The van der Waals surface area contributed by atoms with Crippen LogP contribution in [-0.2, 0) is 16.0 Å². The lowest BCUT2D eigenvalue weighted by molar-refractivity contribution is -0.123. The van der Waals surface area contributed by atoms with Crippen LogP contribution in [0, 0.1) is 13.8 Å². The van der Waals surface area contributed by atoms with Crippen molar-refractivity contribution in [3.05, 3.63) is 64.7 Å². The number of amides is 3. The highest BCUT2D eigenvalue weighted by molar-refractivity contribution is 5.96. The molecule has 3 rings (SSSR count). The molecule has 2 aromatic rings. The minimum absolute atomic E-state index is 0.0137. The van der Waals surface area contributed by atoms with Crippen LogP contribution in [-0.4, -0.2) is 43.5 Å². The zero-order chi connectivity index (χ0) is 22.2. The summed E-state index contributed by atoms with van der Waals surface area (Å²) in [6, 6.07) is 13.2. The molecular weight excluding hydrogens is 394 g/mol. The van der Waals surface area contributed by atoms with Crippen molar-refractivity contribution >= 4 is 17.7 Å². The number of nitrogens with one attached hydrogen (secondary N) is 3. The molecule has 0 bridgehead atoms. The lowest BCUT2D eigenvalue weighted by Gasteiger charge is -2.09. The molecule has 7 nitrogen and oxygen atoms in total. The minimum atomic E-state index is -0.264. The van der Waals surface area contributed by atoms with Gasteiger partial charge in [0, 0.05) is 18.2 Å². The highest BCUT2D eigenvalue weighted by Crippen LogP contribution is 2.18. The summed E-state index contributed by atoms with van der Waals surface area (Å²) in [5.74, 6) is 0.0325. The molecule has 0 saturated heterocycles. The molecule has 0 radical (unpaired) electrons. The number of carbonyl (C=O) groups excluding carboxylic acids is 3. The molecule has 7 heteroatoms. The first kappa shape index (κ1) is 22.3. The first-order valence-corrected chi connectivity index (χ1v) is 10.5. The average molecular weight is 424 g/mol. The van der Waals surface area contributed by atoms with E-state index in [9.17, 15) is 14.4 Å². The van der Waals surface area contributed by atoms with Crippen molar-refractivity contribution in [3.8, 4) is 5.75 Å². The van der Waals surface area contributed by atoms with Gasteiger partial charge in [-0.25, -0.2) is 0 Å². The van der Waals surface area contributed by atoms with Crippen LogP contribution in [0.4, 0.5) is 0 Å². The zero-order valence-corrected chi connectivity index (χ0v) is 18.0. The van der Waals surface area contributed by atoms with Crippen LogP contribution in [0.25, 0.3) is 0 Å². The van der Waals surface area contributed by atoms with E-state index in [1.54, 1.807) is 6.07 Å². The summed E-state index contributed by atoms with van der Waals surface area (Å²) >= 11 is 0. The molecule has 3 N–H and O–H groups in total. The van der Waals surface area contributed by atoms with E-state index in [0.717, 1.165) is 29.5 Å². The molecular formula is C24H29N3O4. The van der Waals surface area contributed by atoms with Crippen LogP contribution in [0.15, 0.2) is 42.5 Å². The van der Waals surface area contributed by atoms with Gasteiger partial charge >= 0.3 is 0 Å². The maximum atomic E-state index is 12.2. The molecule has 0 atom stereocenters. The van der Waals surface area contributed by atoms with E-state index in [0.29, 0.717) is 30.3 Å². The Balaban J connectivity index is 1.32. The normalized spacial score (nSPS) is 12.7. The predicted octanol–water partition coefficient (Wildman–Crippen LogP) is 2.05. The Hall–Kier alpha value is -3.35. The molecule has 1 fully saturated rings. The van der Waals surface area contributed by atoms with E-state index >= 15 is 0 Å². The first-order valence-electron chi connectivity index (χ1n) is 10.5. The fourth-order valence-electron chi connectivity index (χ4n) is 2.95. The van der Waals surface area contributed by atoms with Crippen molar-refractivity contribution in [3.63, 3.8) is 0 Å². The SMILES string of the molecule is Cc1ccc(C(=O)NCC(=O)NCCc2ccc(OCC(=O)NC3CC3)cc2)cc1C. The van der Waals surface area contributed by atoms with Crippen LogP contribution in [0.5, 0.6) is 5.75 Å². The van der Waals surface area contributed by atoms with E-state index < -0.39 is 0 Å². The minimum Gasteiger partial charge on any atom is -0.484 e. The average Bonchev–Trinajstić information content (AvgIpc) is 3.57. The van der Waals surface area contributed by atoms with Crippen LogP contribution >= 0.6 is 0 Å². The van der Waals surface area contributed by atoms with Crippen molar-refractivity contribution in [2.75, 3.05) is 19.7 Å². The smallest absolute Gasteiger partial charge is 0.258 e. The quantitative estimate of drug-likeness (QED) is 0.545. The fourth-order valence-corrected chi connectivity index (χ4v) is 2.95. The maximum Gasteiger partial charge on any atom is 0.258 e. The van der Waals surface area contributed by atoms with Gasteiger partial charge in [-0.3, -0.25) is 14.4 Å². The van der Waals surface area contributed by atoms with E-state index in [1.165, 1.54) is 0 Å². The largest absolute Gasteiger partial charge is 0.484 e. The van der Waals surface area contributed by atoms with Gasteiger partial charge in [0.1, 0.15) is 5.75 Å². The molecule has 1 saturated carbocycles. The highest BCUT2D eigenvalue weighted by atomic mass is 16.5. The Labute approximate surface area is 182 Å². The van der Waals surface area contributed by atoms with E-state index in [1.807, 2.05) is 50.2 Å². The van der Waals surface area contributed by atoms with Gasteiger partial charge in [-0.05, 0) is 74.1 Å². The molecule has 1 aliphatic rings. The Morgan fingerprint density at radius 2 is 1.68 bits per heavy atom. The molecule has 2 aromatic carbocycles. The summed E-state index contributed by atoms with van der Waals surface area (Å²) in [5, 5.41) is 8.31. The topological polar surface area (TPSA) is 96.5 Å². The molecule has 0 spiro atoms. The summed E-state index contributed by atoms with van der Waals surface area (Å²) in [6.45, 7) is 4.34. The molecule has 31 heavy (non-hydrogen) atoms. The standard InChI is InChI=1S/C24H29N3O4/c1-16-3-6-19(13-17(16)2)24(30)26-14-22(28)25-12-11-18-4-9-21(10-5-18)31-15-23(29)27-20-7-8-20/h3-6,9-10,13,20H,7-8,11-12,14-15H2,1-2H3,(H,25,28)(H,26,30)(H,27,29). The van der Waals surface area contributed by atoms with E-state index in [-0.39, 0.29) is 30.9 Å². The molecule has 1 aliphatic carbocycles. The van der Waals surface area contributed by atoms with Gasteiger partial charge in [0.25, 0.3) is 11.8 Å². The number of hydrogen-bond donors (Lipinski definition) is 3. The molecule has 0 heterocycles. The van der Waals surface area contributed by atoms with Crippen LogP contribution in [0.3, 0.4) is 0 Å². The highest BCUT2D eigenvalue weighted by Gasteiger charge is 2.23. The van der Waals surface area contributed by atoms with Gasteiger partial charge in [-0.2, -0.15) is 0 Å². The summed E-state index contributed by atoms with van der Waals surface area (Å²) in [6.07, 6.45) is 2.75. The van der Waals surface area contributed by atoms with Gasteiger partial charge in [0.15, 0.2) is 6.61 Å². The van der Waals surface area contributed by atoms with Gasteiger partial charge in [0.2, 0.25) is 5.91 Å². The molecule has 164 valence electrons. The van der Waals surface area contributed by atoms with Gasteiger partial charge in [-0.1, -0.05) is 18.2 Å². The van der Waals surface area contributed by atoms with E-state index in [4.69, 9.17) is 4.74 Å². The first-order chi connectivity index (χ1) is 14.9. The molecule has 3 amide bonds. The van der Waals surface area contributed by atoms with Crippen molar-refractivity contribution < 1.29 is 19.1 Å². The van der Waals surface area contributed by atoms with Crippen molar-refractivity contribution in [2.24, 2.45) is 0 Å². The fraction of sp³-hybridized carbons (Fsp3) is 0.375. The summed E-state index contributed by atoms with van der Waals surface area (Å²) in [5.41, 5.74) is 3.74. The third kappa shape index (κ3) is 7.44. The Morgan fingerprint density at radius 1 is 0.935 bits per heavy atom. The lowest BCUT2D eigenvalue weighted by Crippen LogP contribution is -2.37. The number of ether oxygens (including phenoxy) is 1. The number of carbonyl (C=O) groups is 3. The second kappa shape index (κ2) is 10.6. The third-order valence-corrected chi connectivity index (χ3v) is 5.15. The Kier molecular flexibility index (Phi) is 7.65. The second-order valence-corrected chi connectivity index (χ2v) is 7.86.